The molecule has 2 amide bonds. The van der Waals surface area contributed by atoms with Crippen molar-refractivity contribution in [2.24, 2.45) is 0 Å². The van der Waals surface area contributed by atoms with Crippen LogP contribution in [-0.4, -0.2) is 17.0 Å². The second kappa shape index (κ2) is 4.93. The third kappa shape index (κ3) is 2.28. The van der Waals surface area contributed by atoms with E-state index in [1.165, 1.54) is 19.3 Å². The predicted molar refractivity (Wildman–Crippen MR) is 72.6 cm³/mol. The lowest BCUT2D eigenvalue weighted by atomic mass is 9.93. The van der Waals surface area contributed by atoms with Crippen molar-refractivity contribution >= 4 is 11.7 Å². The Morgan fingerprint density at radius 3 is 2.79 bits per heavy atom. The SMILES string of the molecule is N#Cc1ccc2c(c1)CN(C1CCCCC1)C(=O)N2. The van der Waals surface area contributed by atoms with Crippen molar-refractivity contribution in [2.75, 3.05) is 5.32 Å². The van der Waals surface area contributed by atoms with Gasteiger partial charge >= 0.3 is 6.03 Å². The zero-order valence-corrected chi connectivity index (χ0v) is 10.9. The molecule has 2 aliphatic rings. The number of amides is 2. The number of hydrogen-bond donors (Lipinski definition) is 1. The molecule has 19 heavy (non-hydrogen) atoms. The van der Waals surface area contributed by atoms with Crippen molar-refractivity contribution in [3.63, 3.8) is 0 Å². The summed E-state index contributed by atoms with van der Waals surface area (Å²) in [5, 5.41) is 11.9. The van der Waals surface area contributed by atoms with E-state index in [4.69, 9.17) is 5.26 Å². The molecule has 1 saturated carbocycles. The average molecular weight is 255 g/mol. The number of anilines is 1. The van der Waals surface area contributed by atoms with E-state index in [2.05, 4.69) is 11.4 Å². The van der Waals surface area contributed by atoms with E-state index in [1.54, 1.807) is 6.07 Å². The first-order valence-corrected chi connectivity index (χ1v) is 6.88. The molecule has 0 spiro atoms. The fraction of sp³-hybridized carbons (Fsp3) is 0.467. The maximum Gasteiger partial charge on any atom is 0.322 e. The van der Waals surface area contributed by atoms with E-state index in [0.29, 0.717) is 18.2 Å². The summed E-state index contributed by atoms with van der Waals surface area (Å²) in [6, 6.07) is 7.96. The summed E-state index contributed by atoms with van der Waals surface area (Å²) in [6.07, 6.45) is 5.89. The summed E-state index contributed by atoms with van der Waals surface area (Å²) in [5.74, 6) is 0. The van der Waals surface area contributed by atoms with Crippen molar-refractivity contribution in [3.05, 3.63) is 29.3 Å². The van der Waals surface area contributed by atoms with E-state index in [-0.39, 0.29) is 6.03 Å². The number of rotatable bonds is 1. The number of fused-ring (bicyclic) bond motifs is 1. The second-order valence-electron chi connectivity index (χ2n) is 5.33. The molecule has 0 bridgehead atoms. The Bertz CT molecular complexity index is 541. The number of nitriles is 1. The molecule has 4 nitrogen and oxygen atoms in total. The molecule has 1 aliphatic carbocycles. The minimum absolute atomic E-state index is 0.00380. The number of urea groups is 1. The van der Waals surface area contributed by atoms with Crippen LogP contribution < -0.4 is 5.32 Å². The van der Waals surface area contributed by atoms with Crippen molar-refractivity contribution in [1.82, 2.24) is 4.90 Å². The van der Waals surface area contributed by atoms with E-state index < -0.39 is 0 Å². The number of carbonyl (C=O) groups excluding carboxylic acids is 1. The summed E-state index contributed by atoms with van der Waals surface area (Å²) >= 11 is 0. The zero-order valence-electron chi connectivity index (χ0n) is 10.9. The molecule has 0 unspecified atom stereocenters. The zero-order chi connectivity index (χ0) is 13.2. The van der Waals surface area contributed by atoms with Gasteiger partial charge in [0.15, 0.2) is 0 Å². The Morgan fingerprint density at radius 2 is 2.05 bits per heavy atom. The maximum atomic E-state index is 12.2. The highest BCUT2D eigenvalue weighted by Gasteiger charge is 2.29. The van der Waals surface area contributed by atoms with Crippen LogP contribution in [0.5, 0.6) is 0 Å². The lowest BCUT2D eigenvalue weighted by molar-refractivity contribution is 0.160. The van der Waals surface area contributed by atoms with Crippen molar-refractivity contribution in [1.29, 1.82) is 5.26 Å². The smallest absolute Gasteiger partial charge is 0.317 e. The minimum Gasteiger partial charge on any atom is -0.317 e. The van der Waals surface area contributed by atoms with Gasteiger partial charge in [-0.15, -0.1) is 0 Å². The van der Waals surface area contributed by atoms with E-state index in [0.717, 1.165) is 24.1 Å². The van der Waals surface area contributed by atoms with Gasteiger partial charge in [0.1, 0.15) is 0 Å². The van der Waals surface area contributed by atoms with Gasteiger partial charge in [0.05, 0.1) is 11.6 Å². The fourth-order valence-corrected chi connectivity index (χ4v) is 3.05. The van der Waals surface area contributed by atoms with Gasteiger partial charge in [-0.3, -0.25) is 0 Å². The third-order valence-electron chi connectivity index (χ3n) is 4.09. The van der Waals surface area contributed by atoms with Gasteiger partial charge < -0.3 is 10.2 Å². The van der Waals surface area contributed by atoms with Crippen LogP contribution in [0.4, 0.5) is 10.5 Å². The molecule has 1 aromatic rings. The van der Waals surface area contributed by atoms with Crippen LogP contribution in [0.25, 0.3) is 0 Å². The van der Waals surface area contributed by atoms with Gasteiger partial charge in [-0.25, -0.2) is 4.79 Å². The molecule has 0 atom stereocenters. The lowest BCUT2D eigenvalue weighted by Crippen LogP contribution is -2.46. The predicted octanol–water partition coefficient (Wildman–Crippen LogP) is 3.24. The molecule has 4 heteroatoms. The molecule has 1 aromatic carbocycles. The van der Waals surface area contributed by atoms with Gasteiger partial charge in [-0.1, -0.05) is 19.3 Å². The van der Waals surface area contributed by atoms with Crippen molar-refractivity contribution < 1.29 is 4.79 Å². The van der Waals surface area contributed by atoms with Crippen LogP contribution >= 0.6 is 0 Å². The monoisotopic (exact) mass is 255 g/mol. The lowest BCUT2D eigenvalue weighted by Gasteiger charge is -2.37. The molecule has 0 aromatic heterocycles. The first-order valence-electron chi connectivity index (χ1n) is 6.88. The largest absolute Gasteiger partial charge is 0.322 e. The van der Waals surface area contributed by atoms with E-state index in [1.807, 2.05) is 17.0 Å². The van der Waals surface area contributed by atoms with Gasteiger partial charge in [-0.05, 0) is 36.6 Å². The Labute approximate surface area is 113 Å². The Balaban J connectivity index is 1.85. The summed E-state index contributed by atoms with van der Waals surface area (Å²) < 4.78 is 0. The highest BCUT2D eigenvalue weighted by Crippen LogP contribution is 2.30. The van der Waals surface area contributed by atoms with Crippen LogP contribution in [0.3, 0.4) is 0 Å². The Morgan fingerprint density at radius 1 is 1.26 bits per heavy atom. The van der Waals surface area contributed by atoms with E-state index >= 15 is 0 Å². The van der Waals surface area contributed by atoms with Gasteiger partial charge in [0.25, 0.3) is 0 Å². The molecular weight excluding hydrogens is 238 g/mol. The topological polar surface area (TPSA) is 56.1 Å². The molecule has 0 radical (unpaired) electrons. The molecule has 1 N–H and O–H groups in total. The molecule has 1 heterocycles. The van der Waals surface area contributed by atoms with E-state index in [9.17, 15) is 4.79 Å². The number of carbonyl (C=O) groups is 1. The van der Waals surface area contributed by atoms with Crippen molar-refractivity contribution in [3.8, 4) is 6.07 Å². The number of nitrogens with zero attached hydrogens (tertiary/aromatic N) is 2. The Kier molecular flexibility index (Phi) is 3.12. The quantitative estimate of drug-likeness (QED) is 0.837. The molecular formula is C15H17N3O. The third-order valence-corrected chi connectivity index (χ3v) is 4.09. The molecule has 0 saturated heterocycles. The summed E-state index contributed by atoms with van der Waals surface area (Å²) in [4.78, 5) is 14.1. The average Bonchev–Trinajstić information content (AvgIpc) is 2.47. The molecule has 1 aliphatic heterocycles. The standard InChI is InChI=1S/C15H17N3O/c16-9-11-6-7-14-12(8-11)10-18(15(19)17-14)13-4-2-1-3-5-13/h6-8,13H,1-5,10H2,(H,17,19). The second-order valence-corrected chi connectivity index (χ2v) is 5.33. The van der Waals surface area contributed by atoms with Gasteiger partial charge in [-0.2, -0.15) is 5.26 Å². The molecule has 3 rings (SSSR count). The number of nitrogens with one attached hydrogen (secondary N) is 1. The van der Waals surface area contributed by atoms with Gasteiger partial charge in [0.2, 0.25) is 0 Å². The van der Waals surface area contributed by atoms with Crippen LogP contribution in [0.2, 0.25) is 0 Å². The van der Waals surface area contributed by atoms with Crippen LogP contribution in [0.1, 0.15) is 43.2 Å². The number of benzene rings is 1. The first-order chi connectivity index (χ1) is 9.28. The van der Waals surface area contributed by atoms with Crippen LogP contribution in [0.15, 0.2) is 18.2 Å². The summed E-state index contributed by atoms with van der Waals surface area (Å²) in [6.45, 7) is 0.626. The fourth-order valence-electron chi connectivity index (χ4n) is 3.05. The van der Waals surface area contributed by atoms with Gasteiger partial charge in [0, 0.05) is 18.3 Å². The highest BCUT2D eigenvalue weighted by atomic mass is 16.2. The molecule has 1 fully saturated rings. The minimum atomic E-state index is 0.00380. The Hall–Kier alpha value is -2.02. The van der Waals surface area contributed by atoms with Crippen molar-refractivity contribution in [2.45, 2.75) is 44.7 Å². The van der Waals surface area contributed by atoms with Crippen LogP contribution in [0, 0.1) is 11.3 Å². The highest BCUT2D eigenvalue weighted by molar-refractivity contribution is 5.92. The summed E-state index contributed by atoms with van der Waals surface area (Å²) in [7, 11) is 0. The molecule has 98 valence electrons. The number of hydrogen-bond acceptors (Lipinski definition) is 2. The first kappa shape index (κ1) is 12.0. The van der Waals surface area contributed by atoms with Crippen LogP contribution in [-0.2, 0) is 6.54 Å². The normalized spacial score (nSPS) is 19.5. The maximum absolute atomic E-state index is 12.2. The summed E-state index contributed by atoms with van der Waals surface area (Å²) in [5.41, 5.74) is 2.54.